The second-order valence-electron chi connectivity index (χ2n) is 4.28. The third-order valence-corrected chi connectivity index (χ3v) is 2.18. The van der Waals surface area contributed by atoms with Crippen LogP contribution in [0.5, 0.6) is 0 Å². The van der Waals surface area contributed by atoms with Crippen LogP contribution < -0.4 is 5.32 Å². The Balaban J connectivity index is 2.82. The summed E-state index contributed by atoms with van der Waals surface area (Å²) < 4.78 is 26.5. The van der Waals surface area contributed by atoms with E-state index in [1.165, 1.54) is 6.07 Å². The first kappa shape index (κ1) is 13.1. The van der Waals surface area contributed by atoms with E-state index in [9.17, 15) is 13.6 Å². The molecule has 0 aromatic heterocycles. The fraction of sp³-hybridized carbons (Fsp3) is 0.333. The second kappa shape index (κ2) is 4.91. The summed E-state index contributed by atoms with van der Waals surface area (Å²) in [5.41, 5.74) is -1.40. The van der Waals surface area contributed by atoms with Gasteiger partial charge in [0.15, 0.2) is 0 Å². The maximum Gasteiger partial charge on any atom is 0.257 e. The number of nitrogens with one attached hydrogen (secondary N) is 1. The molecule has 0 heterocycles. The van der Waals surface area contributed by atoms with Crippen LogP contribution in [0.25, 0.3) is 0 Å². The number of nitriles is 1. The third kappa shape index (κ3) is 3.25. The standard InChI is InChI=1S/C12H12F2N2O/c1-12(2,6-15)7-16-11(17)10-8(13)4-3-5-9(10)14/h3-5H,7H2,1-2H3,(H,16,17). The Kier molecular flexibility index (Phi) is 3.79. The lowest BCUT2D eigenvalue weighted by atomic mass is 9.96. The fourth-order valence-corrected chi connectivity index (χ4v) is 1.14. The Morgan fingerprint density at radius 1 is 1.41 bits per heavy atom. The van der Waals surface area contributed by atoms with Gasteiger partial charge in [-0.15, -0.1) is 0 Å². The molecule has 17 heavy (non-hydrogen) atoms. The molecule has 1 rings (SSSR count). The maximum absolute atomic E-state index is 13.2. The molecule has 0 atom stereocenters. The van der Waals surface area contributed by atoms with Gasteiger partial charge in [-0.2, -0.15) is 5.26 Å². The Morgan fingerprint density at radius 3 is 2.41 bits per heavy atom. The van der Waals surface area contributed by atoms with E-state index in [2.05, 4.69) is 5.32 Å². The van der Waals surface area contributed by atoms with E-state index in [1.54, 1.807) is 13.8 Å². The summed E-state index contributed by atoms with van der Waals surface area (Å²) in [4.78, 5) is 11.5. The number of amides is 1. The van der Waals surface area contributed by atoms with Gasteiger partial charge in [0, 0.05) is 6.54 Å². The van der Waals surface area contributed by atoms with Crippen LogP contribution in [0.4, 0.5) is 8.78 Å². The van der Waals surface area contributed by atoms with Gasteiger partial charge in [-0.25, -0.2) is 8.78 Å². The van der Waals surface area contributed by atoms with Crippen LogP contribution in [-0.2, 0) is 0 Å². The number of hydrogen-bond donors (Lipinski definition) is 1. The van der Waals surface area contributed by atoms with Gasteiger partial charge in [-0.1, -0.05) is 6.07 Å². The van der Waals surface area contributed by atoms with Gasteiger partial charge in [0.1, 0.15) is 17.2 Å². The summed E-state index contributed by atoms with van der Waals surface area (Å²) in [6, 6.07) is 5.17. The third-order valence-electron chi connectivity index (χ3n) is 2.18. The summed E-state index contributed by atoms with van der Waals surface area (Å²) in [6.07, 6.45) is 0. The minimum absolute atomic E-state index is 0.0239. The molecule has 0 bridgehead atoms. The molecular weight excluding hydrogens is 226 g/mol. The van der Waals surface area contributed by atoms with Crippen molar-refractivity contribution in [3.05, 3.63) is 35.4 Å². The quantitative estimate of drug-likeness (QED) is 0.878. The summed E-state index contributed by atoms with van der Waals surface area (Å²) in [5, 5.41) is 11.1. The number of rotatable bonds is 3. The van der Waals surface area contributed by atoms with Crippen LogP contribution >= 0.6 is 0 Å². The lowest BCUT2D eigenvalue weighted by molar-refractivity contribution is 0.0935. The van der Waals surface area contributed by atoms with Crippen molar-refractivity contribution in [1.29, 1.82) is 5.26 Å². The topological polar surface area (TPSA) is 52.9 Å². The Bertz CT molecular complexity index is 458. The largest absolute Gasteiger partial charge is 0.350 e. The molecule has 1 N–H and O–H groups in total. The normalized spacial score (nSPS) is 10.8. The first-order valence-electron chi connectivity index (χ1n) is 5.01. The van der Waals surface area contributed by atoms with Crippen LogP contribution in [0.3, 0.4) is 0 Å². The second-order valence-corrected chi connectivity index (χ2v) is 4.28. The predicted octanol–water partition coefficient (Wildman–Crippen LogP) is 2.24. The Hall–Kier alpha value is -1.96. The highest BCUT2D eigenvalue weighted by Gasteiger charge is 2.21. The van der Waals surface area contributed by atoms with Crippen LogP contribution in [0.2, 0.25) is 0 Å². The van der Waals surface area contributed by atoms with Gasteiger partial charge >= 0.3 is 0 Å². The first-order valence-corrected chi connectivity index (χ1v) is 5.01. The van der Waals surface area contributed by atoms with Crippen LogP contribution in [0, 0.1) is 28.4 Å². The van der Waals surface area contributed by atoms with E-state index in [-0.39, 0.29) is 6.54 Å². The van der Waals surface area contributed by atoms with Crippen LogP contribution in [-0.4, -0.2) is 12.5 Å². The summed E-state index contributed by atoms with van der Waals surface area (Å²) in [5.74, 6) is -2.70. The van der Waals surface area contributed by atoms with Crippen molar-refractivity contribution in [2.75, 3.05) is 6.54 Å². The van der Waals surface area contributed by atoms with Crippen molar-refractivity contribution in [1.82, 2.24) is 5.32 Å². The van der Waals surface area contributed by atoms with Crippen molar-refractivity contribution in [2.45, 2.75) is 13.8 Å². The summed E-state index contributed by atoms with van der Waals surface area (Å²) in [7, 11) is 0. The number of nitrogens with zero attached hydrogens (tertiary/aromatic N) is 1. The highest BCUT2D eigenvalue weighted by atomic mass is 19.1. The molecule has 5 heteroatoms. The lowest BCUT2D eigenvalue weighted by Crippen LogP contribution is -2.34. The van der Waals surface area contributed by atoms with Gasteiger partial charge in [0.05, 0.1) is 11.5 Å². The monoisotopic (exact) mass is 238 g/mol. The van der Waals surface area contributed by atoms with E-state index in [0.717, 1.165) is 12.1 Å². The van der Waals surface area contributed by atoms with Gasteiger partial charge < -0.3 is 5.32 Å². The van der Waals surface area contributed by atoms with Crippen molar-refractivity contribution in [3.63, 3.8) is 0 Å². The highest BCUT2D eigenvalue weighted by molar-refractivity contribution is 5.94. The Labute approximate surface area is 98.1 Å². The van der Waals surface area contributed by atoms with Crippen molar-refractivity contribution < 1.29 is 13.6 Å². The van der Waals surface area contributed by atoms with Crippen molar-refractivity contribution in [2.24, 2.45) is 5.41 Å². The maximum atomic E-state index is 13.2. The molecule has 0 aliphatic heterocycles. The van der Waals surface area contributed by atoms with Crippen LogP contribution in [0.1, 0.15) is 24.2 Å². The molecule has 3 nitrogen and oxygen atoms in total. The molecule has 0 radical (unpaired) electrons. The molecule has 0 saturated carbocycles. The minimum Gasteiger partial charge on any atom is -0.350 e. The number of carbonyl (C=O) groups is 1. The molecule has 0 aliphatic carbocycles. The molecule has 1 aromatic carbocycles. The fourth-order valence-electron chi connectivity index (χ4n) is 1.14. The number of carbonyl (C=O) groups excluding carboxylic acids is 1. The van der Waals surface area contributed by atoms with Gasteiger partial charge in [0.2, 0.25) is 0 Å². The average Bonchev–Trinajstić information content (AvgIpc) is 2.26. The van der Waals surface area contributed by atoms with Crippen molar-refractivity contribution in [3.8, 4) is 6.07 Å². The highest BCUT2D eigenvalue weighted by Crippen LogP contribution is 2.14. The molecule has 0 saturated heterocycles. The van der Waals surface area contributed by atoms with Crippen molar-refractivity contribution >= 4 is 5.91 Å². The Morgan fingerprint density at radius 2 is 1.94 bits per heavy atom. The van der Waals surface area contributed by atoms with Crippen LogP contribution in [0.15, 0.2) is 18.2 Å². The number of benzene rings is 1. The van der Waals surface area contributed by atoms with Gasteiger partial charge in [-0.05, 0) is 26.0 Å². The summed E-state index contributed by atoms with van der Waals surface area (Å²) in [6.45, 7) is 3.26. The molecule has 0 unspecified atom stereocenters. The number of hydrogen-bond acceptors (Lipinski definition) is 2. The lowest BCUT2D eigenvalue weighted by Gasteiger charge is -2.16. The van der Waals surface area contributed by atoms with Gasteiger partial charge in [0.25, 0.3) is 5.91 Å². The van der Waals surface area contributed by atoms with E-state index >= 15 is 0 Å². The van der Waals surface area contributed by atoms with E-state index in [4.69, 9.17) is 5.26 Å². The zero-order valence-electron chi connectivity index (χ0n) is 9.55. The van der Waals surface area contributed by atoms with E-state index in [0.29, 0.717) is 0 Å². The first-order chi connectivity index (χ1) is 7.87. The predicted molar refractivity (Wildman–Crippen MR) is 58.1 cm³/mol. The van der Waals surface area contributed by atoms with Gasteiger partial charge in [-0.3, -0.25) is 4.79 Å². The zero-order valence-corrected chi connectivity index (χ0v) is 9.55. The zero-order chi connectivity index (χ0) is 13.1. The summed E-state index contributed by atoms with van der Waals surface area (Å²) >= 11 is 0. The molecule has 1 amide bonds. The smallest absolute Gasteiger partial charge is 0.257 e. The molecule has 90 valence electrons. The SMILES string of the molecule is CC(C)(C#N)CNC(=O)c1c(F)cccc1F. The van der Waals surface area contributed by atoms with E-state index in [1.807, 2.05) is 6.07 Å². The van der Waals surface area contributed by atoms with E-state index < -0.39 is 28.5 Å². The molecule has 0 spiro atoms. The minimum atomic E-state index is -0.919. The molecule has 0 aliphatic rings. The molecule has 0 fully saturated rings. The average molecular weight is 238 g/mol. The molecular formula is C12H12F2N2O. The molecule has 1 aromatic rings. The number of halogens is 2.